The second-order valence-corrected chi connectivity index (χ2v) is 5.06. The van der Waals surface area contributed by atoms with Gasteiger partial charge in [0.2, 0.25) is 0 Å². The molecule has 0 aliphatic heterocycles. The Morgan fingerprint density at radius 2 is 2.00 bits per heavy atom. The van der Waals surface area contributed by atoms with Gasteiger partial charge in [-0.2, -0.15) is 0 Å². The van der Waals surface area contributed by atoms with Gasteiger partial charge in [0.15, 0.2) is 0 Å². The lowest BCUT2D eigenvalue weighted by Crippen LogP contribution is -2.13. The van der Waals surface area contributed by atoms with E-state index in [2.05, 4.69) is 32.0 Å². The summed E-state index contributed by atoms with van der Waals surface area (Å²) in [5.41, 5.74) is 0.441. The van der Waals surface area contributed by atoms with E-state index in [4.69, 9.17) is 0 Å². The van der Waals surface area contributed by atoms with E-state index in [1.807, 2.05) is 0 Å². The SMILES string of the molecule is CC(C)(C)CCN=CC1CCC1. The molecule has 1 fully saturated rings. The molecular weight excluding hydrogens is 146 g/mol. The van der Waals surface area contributed by atoms with Gasteiger partial charge in [0.05, 0.1) is 0 Å². The van der Waals surface area contributed by atoms with E-state index in [-0.39, 0.29) is 0 Å². The van der Waals surface area contributed by atoms with Gasteiger partial charge in [-0.25, -0.2) is 0 Å². The van der Waals surface area contributed by atoms with E-state index in [0.717, 1.165) is 12.5 Å². The summed E-state index contributed by atoms with van der Waals surface area (Å²) in [5, 5.41) is 0. The number of rotatable bonds is 3. The van der Waals surface area contributed by atoms with Gasteiger partial charge in [0.25, 0.3) is 0 Å². The van der Waals surface area contributed by atoms with Gasteiger partial charge in [-0.3, -0.25) is 4.99 Å². The Bertz CT molecular complexity index is 149. The smallest absolute Gasteiger partial charge is 0.0390 e. The van der Waals surface area contributed by atoms with Crippen molar-refractivity contribution < 1.29 is 0 Å². The molecule has 0 heterocycles. The lowest BCUT2D eigenvalue weighted by molar-refractivity contribution is 0.383. The Labute approximate surface area is 76.3 Å². The fourth-order valence-corrected chi connectivity index (χ4v) is 1.21. The molecule has 0 atom stereocenters. The molecule has 0 aromatic heterocycles. The first-order valence-electron chi connectivity index (χ1n) is 5.08. The van der Waals surface area contributed by atoms with Crippen molar-refractivity contribution in [3.63, 3.8) is 0 Å². The van der Waals surface area contributed by atoms with Gasteiger partial charge in [0, 0.05) is 12.8 Å². The van der Waals surface area contributed by atoms with Crippen molar-refractivity contribution in [2.75, 3.05) is 6.54 Å². The van der Waals surface area contributed by atoms with E-state index in [9.17, 15) is 0 Å². The van der Waals surface area contributed by atoms with Crippen LogP contribution >= 0.6 is 0 Å². The Balaban J connectivity index is 2.04. The first-order valence-corrected chi connectivity index (χ1v) is 5.08. The number of hydrogen-bond acceptors (Lipinski definition) is 1. The third kappa shape index (κ3) is 3.89. The van der Waals surface area contributed by atoms with Crippen LogP contribution in [0.15, 0.2) is 4.99 Å². The average molecular weight is 167 g/mol. The molecule has 0 saturated heterocycles. The zero-order chi connectivity index (χ0) is 9.03. The van der Waals surface area contributed by atoms with Crippen LogP contribution in [0.25, 0.3) is 0 Å². The second-order valence-electron chi connectivity index (χ2n) is 5.06. The van der Waals surface area contributed by atoms with Gasteiger partial charge < -0.3 is 0 Å². The molecule has 70 valence electrons. The van der Waals surface area contributed by atoms with Gasteiger partial charge in [-0.15, -0.1) is 0 Å². The molecule has 0 aromatic rings. The third-order valence-corrected chi connectivity index (χ3v) is 2.46. The van der Waals surface area contributed by atoms with Crippen molar-refractivity contribution in [3.05, 3.63) is 0 Å². The van der Waals surface area contributed by atoms with Crippen LogP contribution in [0.4, 0.5) is 0 Å². The molecule has 0 N–H and O–H groups in total. The highest BCUT2D eigenvalue weighted by Crippen LogP contribution is 2.24. The summed E-state index contributed by atoms with van der Waals surface area (Å²) in [4.78, 5) is 4.45. The van der Waals surface area contributed by atoms with Gasteiger partial charge >= 0.3 is 0 Å². The Hall–Kier alpha value is -0.330. The highest BCUT2D eigenvalue weighted by molar-refractivity contribution is 5.61. The maximum Gasteiger partial charge on any atom is 0.0390 e. The van der Waals surface area contributed by atoms with Crippen LogP contribution in [0, 0.1) is 11.3 Å². The lowest BCUT2D eigenvalue weighted by atomic mass is 9.86. The van der Waals surface area contributed by atoms with Gasteiger partial charge in [-0.05, 0) is 30.6 Å². The van der Waals surface area contributed by atoms with Crippen molar-refractivity contribution in [3.8, 4) is 0 Å². The van der Waals surface area contributed by atoms with Crippen molar-refractivity contribution in [1.29, 1.82) is 0 Å². The molecule has 1 rings (SSSR count). The quantitative estimate of drug-likeness (QED) is 0.572. The molecule has 0 aromatic carbocycles. The summed E-state index contributed by atoms with van der Waals surface area (Å²) in [6.07, 6.45) is 7.54. The topological polar surface area (TPSA) is 12.4 Å². The molecule has 1 nitrogen and oxygen atoms in total. The normalized spacial score (nSPS) is 19.9. The van der Waals surface area contributed by atoms with Gasteiger partial charge in [-0.1, -0.05) is 27.2 Å². The van der Waals surface area contributed by atoms with Crippen molar-refractivity contribution in [2.45, 2.75) is 46.5 Å². The summed E-state index contributed by atoms with van der Waals surface area (Å²) in [7, 11) is 0. The molecule has 0 unspecified atom stereocenters. The summed E-state index contributed by atoms with van der Waals surface area (Å²) in [6.45, 7) is 7.82. The number of nitrogens with zero attached hydrogens (tertiary/aromatic N) is 1. The van der Waals surface area contributed by atoms with Crippen LogP contribution in [0.1, 0.15) is 46.5 Å². The molecule has 1 aliphatic rings. The second kappa shape index (κ2) is 4.06. The molecule has 1 aliphatic carbocycles. The molecule has 0 bridgehead atoms. The maximum atomic E-state index is 4.45. The van der Waals surface area contributed by atoms with Crippen LogP contribution in [-0.4, -0.2) is 12.8 Å². The maximum absolute atomic E-state index is 4.45. The number of hydrogen-bond donors (Lipinski definition) is 0. The Kier molecular flexibility index (Phi) is 3.30. The summed E-state index contributed by atoms with van der Waals surface area (Å²) < 4.78 is 0. The molecule has 1 heteroatoms. The van der Waals surface area contributed by atoms with Crippen LogP contribution in [0.2, 0.25) is 0 Å². The molecule has 12 heavy (non-hydrogen) atoms. The predicted molar refractivity (Wildman–Crippen MR) is 54.8 cm³/mol. The molecule has 0 amide bonds. The number of aliphatic imine (C=N–C) groups is 1. The fraction of sp³-hybridized carbons (Fsp3) is 0.909. The highest BCUT2D eigenvalue weighted by atomic mass is 14.7. The first-order chi connectivity index (χ1) is 5.58. The minimum atomic E-state index is 0.441. The van der Waals surface area contributed by atoms with Crippen LogP contribution in [0.5, 0.6) is 0 Å². The molecular formula is C11H21N. The predicted octanol–water partition coefficient (Wildman–Crippen LogP) is 3.29. The first kappa shape index (κ1) is 9.76. The van der Waals surface area contributed by atoms with Crippen molar-refractivity contribution in [1.82, 2.24) is 0 Å². The van der Waals surface area contributed by atoms with Crippen LogP contribution in [0.3, 0.4) is 0 Å². The Morgan fingerprint density at radius 3 is 2.42 bits per heavy atom. The minimum Gasteiger partial charge on any atom is -0.297 e. The monoisotopic (exact) mass is 167 g/mol. The van der Waals surface area contributed by atoms with Crippen LogP contribution in [-0.2, 0) is 0 Å². The fourth-order valence-electron chi connectivity index (χ4n) is 1.21. The highest BCUT2D eigenvalue weighted by Gasteiger charge is 2.14. The van der Waals surface area contributed by atoms with Crippen LogP contribution < -0.4 is 0 Å². The zero-order valence-electron chi connectivity index (χ0n) is 8.64. The van der Waals surface area contributed by atoms with E-state index in [1.165, 1.54) is 25.7 Å². The summed E-state index contributed by atoms with van der Waals surface area (Å²) in [5.74, 6) is 0.824. The molecule has 0 spiro atoms. The largest absolute Gasteiger partial charge is 0.297 e. The zero-order valence-corrected chi connectivity index (χ0v) is 8.64. The van der Waals surface area contributed by atoms with Gasteiger partial charge in [0.1, 0.15) is 0 Å². The average Bonchev–Trinajstić information content (AvgIpc) is 1.80. The molecule has 0 radical (unpaired) electrons. The van der Waals surface area contributed by atoms with E-state index in [1.54, 1.807) is 0 Å². The van der Waals surface area contributed by atoms with E-state index in [0.29, 0.717) is 5.41 Å². The Morgan fingerprint density at radius 1 is 1.33 bits per heavy atom. The molecule has 1 saturated carbocycles. The third-order valence-electron chi connectivity index (χ3n) is 2.46. The summed E-state index contributed by atoms with van der Waals surface area (Å²) in [6, 6.07) is 0. The van der Waals surface area contributed by atoms with Crippen molar-refractivity contribution >= 4 is 6.21 Å². The van der Waals surface area contributed by atoms with Crippen molar-refractivity contribution in [2.24, 2.45) is 16.3 Å². The summed E-state index contributed by atoms with van der Waals surface area (Å²) >= 11 is 0. The lowest BCUT2D eigenvalue weighted by Gasteiger charge is -2.21. The minimum absolute atomic E-state index is 0.441. The van der Waals surface area contributed by atoms with E-state index >= 15 is 0 Å². The van der Waals surface area contributed by atoms with E-state index < -0.39 is 0 Å². The standard InChI is InChI=1S/C11H21N/c1-11(2,3)7-8-12-9-10-5-4-6-10/h9-10H,4-8H2,1-3H3.